The molecule has 92 valence electrons. The molecule has 0 fully saturated rings. The van der Waals surface area contributed by atoms with Crippen molar-refractivity contribution in [2.75, 3.05) is 7.11 Å². The maximum atomic E-state index is 12.6. The SMILES string of the molecule is CCC(OC)c1nc(C(F)(F)F)c(CN)s1. The summed E-state index contributed by atoms with van der Waals surface area (Å²) in [4.78, 5) is 3.64. The van der Waals surface area contributed by atoms with E-state index in [0.717, 1.165) is 11.3 Å². The Morgan fingerprint density at radius 1 is 1.50 bits per heavy atom. The number of rotatable bonds is 4. The first-order chi connectivity index (χ1) is 7.43. The van der Waals surface area contributed by atoms with Crippen LogP contribution in [0, 0.1) is 0 Å². The molecule has 0 amide bonds. The van der Waals surface area contributed by atoms with Crippen LogP contribution < -0.4 is 5.73 Å². The van der Waals surface area contributed by atoms with Crippen molar-refractivity contribution in [3.05, 3.63) is 15.6 Å². The standard InChI is InChI=1S/C9H13F3N2OS/c1-3-5(15-2)8-14-7(9(10,11)12)6(4-13)16-8/h5H,3-4,13H2,1-2H3. The molecule has 3 nitrogen and oxygen atoms in total. The second kappa shape index (κ2) is 5.11. The lowest BCUT2D eigenvalue weighted by atomic mass is 10.3. The summed E-state index contributed by atoms with van der Waals surface area (Å²) in [5.41, 5.74) is 4.39. The van der Waals surface area contributed by atoms with E-state index in [1.54, 1.807) is 0 Å². The zero-order chi connectivity index (χ0) is 12.3. The number of hydrogen-bond acceptors (Lipinski definition) is 4. The van der Waals surface area contributed by atoms with Crippen molar-refractivity contribution in [2.45, 2.75) is 32.2 Å². The Hall–Kier alpha value is -0.660. The van der Waals surface area contributed by atoms with E-state index in [2.05, 4.69) is 4.98 Å². The first kappa shape index (κ1) is 13.4. The van der Waals surface area contributed by atoms with Crippen molar-refractivity contribution >= 4 is 11.3 Å². The molecule has 0 aliphatic heterocycles. The number of aromatic nitrogens is 1. The second-order valence-corrected chi connectivity index (χ2v) is 4.27. The van der Waals surface area contributed by atoms with Gasteiger partial charge >= 0.3 is 6.18 Å². The van der Waals surface area contributed by atoms with Gasteiger partial charge in [-0.2, -0.15) is 13.2 Å². The fraction of sp³-hybridized carbons (Fsp3) is 0.667. The minimum absolute atomic E-state index is 0.0537. The lowest BCUT2D eigenvalue weighted by Crippen LogP contribution is -2.11. The molecule has 0 aliphatic carbocycles. The van der Waals surface area contributed by atoms with Crippen LogP contribution in [0.1, 0.15) is 35.0 Å². The number of nitrogens with two attached hydrogens (primary N) is 1. The largest absolute Gasteiger partial charge is 0.434 e. The molecule has 0 radical (unpaired) electrons. The Bertz CT molecular complexity index is 347. The van der Waals surface area contributed by atoms with Crippen LogP contribution in [0.4, 0.5) is 13.2 Å². The molecule has 2 N–H and O–H groups in total. The predicted molar refractivity (Wildman–Crippen MR) is 55.0 cm³/mol. The summed E-state index contributed by atoms with van der Waals surface area (Å²) in [7, 11) is 1.45. The molecule has 0 saturated heterocycles. The average Bonchev–Trinajstić information content (AvgIpc) is 2.63. The summed E-state index contributed by atoms with van der Waals surface area (Å²) in [6, 6.07) is 0. The molecule has 16 heavy (non-hydrogen) atoms. The Labute approximate surface area is 95.4 Å². The maximum Gasteiger partial charge on any atom is 0.434 e. The van der Waals surface area contributed by atoms with Crippen LogP contribution in [0.15, 0.2) is 0 Å². The van der Waals surface area contributed by atoms with Gasteiger partial charge in [0.2, 0.25) is 0 Å². The third-order valence-corrected chi connectivity index (χ3v) is 3.27. The number of methoxy groups -OCH3 is 1. The number of halogens is 3. The minimum atomic E-state index is -4.45. The van der Waals surface area contributed by atoms with Gasteiger partial charge in [-0.15, -0.1) is 11.3 Å². The summed E-state index contributed by atoms with van der Waals surface area (Å²) in [6.45, 7) is 1.66. The summed E-state index contributed by atoms with van der Waals surface area (Å²) in [5.74, 6) is 0. The number of ether oxygens (including phenoxy) is 1. The molecule has 0 spiro atoms. The van der Waals surface area contributed by atoms with Gasteiger partial charge in [0, 0.05) is 13.7 Å². The molecule has 0 aromatic carbocycles. The van der Waals surface area contributed by atoms with Crippen molar-refractivity contribution in [2.24, 2.45) is 5.73 Å². The highest BCUT2D eigenvalue weighted by Gasteiger charge is 2.37. The molecular formula is C9H13F3N2OS. The van der Waals surface area contributed by atoms with E-state index in [-0.39, 0.29) is 11.4 Å². The lowest BCUT2D eigenvalue weighted by Gasteiger charge is -2.08. The first-order valence-corrected chi connectivity index (χ1v) is 5.55. The smallest absolute Gasteiger partial charge is 0.374 e. The van der Waals surface area contributed by atoms with Gasteiger partial charge in [-0.05, 0) is 6.42 Å². The van der Waals surface area contributed by atoms with Gasteiger partial charge in [0.25, 0.3) is 0 Å². The van der Waals surface area contributed by atoms with Crippen molar-refractivity contribution in [1.29, 1.82) is 0 Å². The fourth-order valence-electron chi connectivity index (χ4n) is 1.31. The molecule has 1 unspecified atom stereocenters. The van der Waals surface area contributed by atoms with Gasteiger partial charge in [-0.1, -0.05) is 6.92 Å². The summed E-state index contributed by atoms with van der Waals surface area (Å²) in [6.07, 6.45) is -4.27. The molecule has 0 saturated carbocycles. The van der Waals surface area contributed by atoms with E-state index in [1.165, 1.54) is 7.11 Å². The number of thiazole rings is 1. The van der Waals surface area contributed by atoms with Crippen LogP contribution in [0.25, 0.3) is 0 Å². The van der Waals surface area contributed by atoms with Crippen molar-refractivity contribution in [3.8, 4) is 0 Å². The van der Waals surface area contributed by atoms with Gasteiger partial charge < -0.3 is 10.5 Å². The number of nitrogens with zero attached hydrogens (tertiary/aromatic N) is 1. The summed E-state index contributed by atoms with van der Waals surface area (Å²) in [5, 5.41) is 0.331. The Morgan fingerprint density at radius 3 is 2.44 bits per heavy atom. The molecule has 0 bridgehead atoms. The van der Waals surface area contributed by atoms with Gasteiger partial charge in [0.15, 0.2) is 5.69 Å². The molecular weight excluding hydrogens is 241 g/mol. The maximum absolute atomic E-state index is 12.6. The van der Waals surface area contributed by atoms with Gasteiger partial charge in [-0.25, -0.2) is 4.98 Å². The highest BCUT2D eigenvalue weighted by atomic mass is 32.1. The van der Waals surface area contributed by atoms with E-state index in [9.17, 15) is 13.2 Å². The third kappa shape index (κ3) is 2.72. The molecule has 0 aliphatic rings. The molecule has 1 atom stereocenters. The van der Waals surface area contributed by atoms with E-state index in [4.69, 9.17) is 10.5 Å². The van der Waals surface area contributed by atoms with Crippen molar-refractivity contribution in [1.82, 2.24) is 4.98 Å². The topological polar surface area (TPSA) is 48.1 Å². The molecule has 1 rings (SSSR count). The van der Waals surface area contributed by atoms with Crippen molar-refractivity contribution < 1.29 is 17.9 Å². The summed E-state index contributed by atoms with van der Waals surface area (Å²) >= 11 is 0.963. The normalized spacial score (nSPS) is 14.1. The van der Waals surface area contributed by atoms with Gasteiger partial charge in [0.1, 0.15) is 11.1 Å². The third-order valence-electron chi connectivity index (χ3n) is 2.10. The number of hydrogen-bond donors (Lipinski definition) is 1. The van der Waals surface area contributed by atoms with E-state index in [1.807, 2.05) is 6.92 Å². The van der Waals surface area contributed by atoms with E-state index >= 15 is 0 Å². The van der Waals surface area contributed by atoms with Crippen LogP contribution in [0.5, 0.6) is 0 Å². The summed E-state index contributed by atoms with van der Waals surface area (Å²) < 4.78 is 42.8. The Balaban J connectivity index is 3.12. The van der Waals surface area contributed by atoms with Gasteiger partial charge in [0.05, 0.1) is 4.88 Å². The minimum Gasteiger partial charge on any atom is -0.374 e. The predicted octanol–water partition coefficient (Wildman–Crippen LogP) is 2.72. The molecule has 7 heteroatoms. The van der Waals surface area contributed by atoms with Crippen LogP contribution in [-0.4, -0.2) is 12.1 Å². The first-order valence-electron chi connectivity index (χ1n) is 4.73. The fourth-order valence-corrected chi connectivity index (χ4v) is 2.43. The monoisotopic (exact) mass is 254 g/mol. The van der Waals surface area contributed by atoms with E-state index in [0.29, 0.717) is 11.4 Å². The molecule has 1 aromatic heterocycles. The van der Waals surface area contributed by atoms with Gasteiger partial charge in [-0.3, -0.25) is 0 Å². The zero-order valence-corrected chi connectivity index (χ0v) is 9.78. The van der Waals surface area contributed by atoms with Crippen LogP contribution in [0.2, 0.25) is 0 Å². The Morgan fingerprint density at radius 2 is 2.12 bits per heavy atom. The average molecular weight is 254 g/mol. The van der Waals surface area contributed by atoms with E-state index < -0.39 is 18.0 Å². The van der Waals surface area contributed by atoms with Crippen LogP contribution in [-0.2, 0) is 17.5 Å². The molecule has 1 aromatic rings. The highest BCUT2D eigenvalue weighted by Crippen LogP contribution is 2.36. The zero-order valence-electron chi connectivity index (χ0n) is 8.97. The van der Waals surface area contributed by atoms with Crippen molar-refractivity contribution in [3.63, 3.8) is 0 Å². The van der Waals surface area contributed by atoms with Crippen LogP contribution in [0.3, 0.4) is 0 Å². The second-order valence-electron chi connectivity index (χ2n) is 3.16. The van der Waals surface area contributed by atoms with Crippen LogP contribution >= 0.6 is 11.3 Å². The highest BCUT2D eigenvalue weighted by molar-refractivity contribution is 7.11. The quantitative estimate of drug-likeness (QED) is 0.898. The Kier molecular flexibility index (Phi) is 4.28. The lowest BCUT2D eigenvalue weighted by molar-refractivity contribution is -0.141. The number of alkyl halides is 3. The molecule has 1 heterocycles.